The van der Waals surface area contributed by atoms with E-state index in [1.165, 1.54) is 218 Å². The van der Waals surface area contributed by atoms with Crippen molar-refractivity contribution in [3.8, 4) is 0 Å². The van der Waals surface area contributed by atoms with Gasteiger partial charge >= 0.3 is 0 Å². The summed E-state index contributed by atoms with van der Waals surface area (Å²) in [6.07, 6.45) is 50.9. The van der Waals surface area contributed by atoms with E-state index in [0.29, 0.717) is 0 Å². The Morgan fingerprint density at radius 3 is 0.619 bits per heavy atom. The maximum Gasteiger partial charge on any atom is 0.0647 e. The summed E-state index contributed by atoms with van der Waals surface area (Å²) < 4.78 is 0. The first-order valence-electron chi connectivity index (χ1n) is 20.4. The third-order valence-corrected chi connectivity index (χ3v) is 9.99. The zero-order valence-electron chi connectivity index (χ0n) is 30.1. The van der Waals surface area contributed by atoms with Gasteiger partial charge in [0.05, 0.1) is 5.60 Å². The lowest BCUT2D eigenvalue weighted by Crippen LogP contribution is -2.28. The molecule has 1 N–H and O–H groups in total. The van der Waals surface area contributed by atoms with Crippen molar-refractivity contribution in [2.45, 2.75) is 264 Å². The van der Waals surface area contributed by atoms with Crippen molar-refractivity contribution < 1.29 is 5.11 Å². The maximum absolute atomic E-state index is 11.4. The van der Waals surface area contributed by atoms with Gasteiger partial charge < -0.3 is 5.11 Å². The van der Waals surface area contributed by atoms with E-state index in [2.05, 4.69) is 20.8 Å². The molecule has 0 aromatic heterocycles. The van der Waals surface area contributed by atoms with Crippen LogP contribution in [0.4, 0.5) is 0 Å². The van der Waals surface area contributed by atoms with Gasteiger partial charge in [0.2, 0.25) is 0 Å². The Bertz CT molecular complexity index is 435. The summed E-state index contributed by atoms with van der Waals surface area (Å²) in [5, 5.41) is 11.4. The number of hydrogen-bond acceptors (Lipinski definition) is 1. The van der Waals surface area contributed by atoms with E-state index < -0.39 is 0 Å². The molecule has 0 aliphatic rings. The minimum Gasteiger partial charge on any atom is -0.390 e. The monoisotopic (exact) mass is 593 g/mol. The first-order valence-corrected chi connectivity index (χ1v) is 20.4. The van der Waals surface area contributed by atoms with Crippen LogP contribution in [0.1, 0.15) is 258 Å². The summed E-state index contributed by atoms with van der Waals surface area (Å²) in [7, 11) is 0. The molecule has 0 aliphatic heterocycles. The lowest BCUT2D eigenvalue weighted by Gasteiger charge is -2.28. The topological polar surface area (TPSA) is 20.2 Å². The summed E-state index contributed by atoms with van der Waals surface area (Å²) in [6, 6.07) is 0. The molecule has 0 unspecified atom stereocenters. The smallest absolute Gasteiger partial charge is 0.0647 e. The largest absolute Gasteiger partial charge is 0.390 e. The van der Waals surface area contributed by atoms with Crippen molar-refractivity contribution in [3.05, 3.63) is 0 Å². The van der Waals surface area contributed by atoms with Gasteiger partial charge in [-0.1, -0.05) is 239 Å². The molecule has 254 valence electrons. The van der Waals surface area contributed by atoms with E-state index >= 15 is 0 Å². The summed E-state index contributed by atoms with van der Waals surface area (Å²) in [4.78, 5) is 0. The standard InChI is InChI=1S/C41H84O/c1-4-7-10-12-14-16-18-20-22-24-26-28-30-32-34-36-39-41(42,38-9-6-3)40-37-35-33-31-29-27-25-23-21-19-17-15-13-11-8-5-2/h42H,4-40H2,1-3H3. The number of rotatable bonds is 37. The molecule has 0 saturated carbocycles. The lowest BCUT2D eigenvalue weighted by molar-refractivity contribution is 0.00746. The normalized spacial score (nSPS) is 12.0. The van der Waals surface area contributed by atoms with Crippen molar-refractivity contribution in [2.75, 3.05) is 0 Å². The predicted molar refractivity (Wildman–Crippen MR) is 193 cm³/mol. The van der Waals surface area contributed by atoms with Gasteiger partial charge in [-0.05, 0) is 19.3 Å². The summed E-state index contributed by atoms with van der Waals surface area (Å²) in [5.74, 6) is 0. The second-order valence-corrected chi connectivity index (χ2v) is 14.4. The van der Waals surface area contributed by atoms with Gasteiger partial charge in [0.15, 0.2) is 0 Å². The number of aliphatic hydroxyl groups is 1. The zero-order valence-corrected chi connectivity index (χ0v) is 30.1. The third kappa shape index (κ3) is 32.9. The molecule has 0 aliphatic carbocycles. The quantitative estimate of drug-likeness (QED) is 0.0711. The lowest BCUT2D eigenvalue weighted by atomic mass is 9.85. The van der Waals surface area contributed by atoms with Gasteiger partial charge in [0, 0.05) is 0 Å². The van der Waals surface area contributed by atoms with Gasteiger partial charge in [-0.2, -0.15) is 0 Å². The van der Waals surface area contributed by atoms with Gasteiger partial charge in [-0.25, -0.2) is 0 Å². The van der Waals surface area contributed by atoms with Crippen molar-refractivity contribution in [3.63, 3.8) is 0 Å². The molecule has 0 fully saturated rings. The van der Waals surface area contributed by atoms with Crippen LogP contribution in [0, 0.1) is 0 Å². The first kappa shape index (κ1) is 42.0. The molecule has 0 amide bonds. The van der Waals surface area contributed by atoms with Crippen LogP contribution in [-0.4, -0.2) is 10.7 Å². The maximum atomic E-state index is 11.4. The molecule has 0 bridgehead atoms. The molecule has 1 heteroatoms. The Balaban J connectivity index is 3.58. The fraction of sp³-hybridized carbons (Fsp3) is 1.00. The first-order chi connectivity index (χ1) is 20.7. The van der Waals surface area contributed by atoms with Gasteiger partial charge in [0.1, 0.15) is 0 Å². The van der Waals surface area contributed by atoms with E-state index in [9.17, 15) is 5.11 Å². The Morgan fingerprint density at radius 2 is 0.405 bits per heavy atom. The van der Waals surface area contributed by atoms with Crippen LogP contribution < -0.4 is 0 Å². The fourth-order valence-corrected chi connectivity index (χ4v) is 6.89. The summed E-state index contributed by atoms with van der Waals surface area (Å²) >= 11 is 0. The molecular weight excluding hydrogens is 508 g/mol. The molecule has 1 nitrogen and oxygen atoms in total. The Morgan fingerprint density at radius 1 is 0.238 bits per heavy atom. The molecule has 0 radical (unpaired) electrons. The second kappa shape index (κ2) is 35.4. The molecule has 0 aromatic rings. The van der Waals surface area contributed by atoms with E-state index in [4.69, 9.17) is 0 Å². The highest BCUT2D eigenvalue weighted by molar-refractivity contribution is 4.78. The Hall–Kier alpha value is -0.0400. The van der Waals surface area contributed by atoms with Crippen LogP contribution in [-0.2, 0) is 0 Å². The van der Waals surface area contributed by atoms with E-state index in [1.807, 2.05) is 0 Å². The van der Waals surface area contributed by atoms with Crippen LogP contribution in [0.2, 0.25) is 0 Å². The highest BCUT2D eigenvalue weighted by Gasteiger charge is 2.24. The number of unbranched alkanes of at least 4 members (excludes halogenated alkanes) is 31. The SMILES string of the molecule is CCCCCCCCCCCCCCCCCCC(O)(CCCC)CCCCCCCCCCCCCCCCCC. The van der Waals surface area contributed by atoms with Crippen molar-refractivity contribution in [1.82, 2.24) is 0 Å². The minimum absolute atomic E-state index is 0.373. The van der Waals surface area contributed by atoms with Gasteiger partial charge in [-0.15, -0.1) is 0 Å². The average Bonchev–Trinajstić information content (AvgIpc) is 2.99. The van der Waals surface area contributed by atoms with E-state index in [1.54, 1.807) is 0 Å². The molecule has 42 heavy (non-hydrogen) atoms. The molecule has 0 aromatic carbocycles. The summed E-state index contributed by atoms with van der Waals surface area (Å²) in [5.41, 5.74) is -0.373. The molecule has 0 heterocycles. The van der Waals surface area contributed by atoms with Crippen LogP contribution >= 0.6 is 0 Å². The van der Waals surface area contributed by atoms with Crippen LogP contribution in [0.25, 0.3) is 0 Å². The predicted octanol–water partition coefficient (Wildman–Crippen LogP) is 15.2. The fourth-order valence-electron chi connectivity index (χ4n) is 6.89. The molecule has 0 atom stereocenters. The van der Waals surface area contributed by atoms with E-state index in [0.717, 1.165) is 19.3 Å². The minimum atomic E-state index is -0.373. The van der Waals surface area contributed by atoms with Crippen molar-refractivity contribution in [2.24, 2.45) is 0 Å². The average molecular weight is 593 g/mol. The highest BCUT2D eigenvalue weighted by Crippen LogP contribution is 2.28. The Kier molecular flexibility index (Phi) is 35.4. The van der Waals surface area contributed by atoms with Crippen LogP contribution in [0.3, 0.4) is 0 Å². The van der Waals surface area contributed by atoms with E-state index in [-0.39, 0.29) is 5.60 Å². The van der Waals surface area contributed by atoms with Crippen molar-refractivity contribution >= 4 is 0 Å². The van der Waals surface area contributed by atoms with Crippen LogP contribution in [0.5, 0.6) is 0 Å². The van der Waals surface area contributed by atoms with Crippen LogP contribution in [0.15, 0.2) is 0 Å². The molecule has 0 saturated heterocycles. The number of hydrogen-bond donors (Lipinski definition) is 1. The summed E-state index contributed by atoms with van der Waals surface area (Å²) in [6.45, 7) is 6.87. The van der Waals surface area contributed by atoms with Gasteiger partial charge in [-0.3, -0.25) is 0 Å². The molecular formula is C41H84O. The molecule has 0 spiro atoms. The Labute approximate surface area is 268 Å². The van der Waals surface area contributed by atoms with Crippen molar-refractivity contribution in [1.29, 1.82) is 0 Å². The molecule has 0 rings (SSSR count). The third-order valence-electron chi connectivity index (χ3n) is 9.99. The zero-order chi connectivity index (χ0) is 30.7. The van der Waals surface area contributed by atoms with Gasteiger partial charge in [0.25, 0.3) is 0 Å². The second-order valence-electron chi connectivity index (χ2n) is 14.4. The highest BCUT2D eigenvalue weighted by atomic mass is 16.3.